The summed E-state index contributed by atoms with van der Waals surface area (Å²) in [5.74, 6) is 0.944. The van der Waals surface area contributed by atoms with Crippen molar-refractivity contribution in [3.63, 3.8) is 0 Å². The van der Waals surface area contributed by atoms with Crippen LogP contribution in [-0.4, -0.2) is 29.9 Å². The first-order chi connectivity index (χ1) is 4.20. The maximum Gasteiger partial charge on any atom is 0.211 e. The van der Waals surface area contributed by atoms with Crippen LogP contribution in [0, 0.1) is 0 Å². The Morgan fingerprint density at radius 1 is 1.67 bits per heavy atom. The van der Waals surface area contributed by atoms with Crippen molar-refractivity contribution in [2.24, 2.45) is 0 Å². The average Bonchev–Trinajstić information content (AvgIpc) is 2.14. The van der Waals surface area contributed by atoms with Crippen LogP contribution in [0.5, 0.6) is 0 Å². The second-order valence-electron chi connectivity index (χ2n) is 2.13. The van der Waals surface area contributed by atoms with Crippen LogP contribution in [-0.2, 0) is 15.9 Å². The molecule has 0 saturated heterocycles. The van der Waals surface area contributed by atoms with E-state index in [4.69, 9.17) is 0 Å². The molecule has 1 unspecified atom stereocenters. The highest BCUT2D eigenvalue weighted by atomic mass is 32.2. The van der Waals surface area contributed by atoms with Gasteiger partial charge in [0, 0.05) is 20.2 Å². The van der Waals surface area contributed by atoms with Crippen molar-refractivity contribution in [2.75, 3.05) is 19.8 Å². The lowest BCUT2D eigenvalue weighted by molar-refractivity contribution is -0.112. The third kappa shape index (κ3) is 1.56. The van der Waals surface area contributed by atoms with Gasteiger partial charge in [0.2, 0.25) is 5.78 Å². The fourth-order valence-electron chi connectivity index (χ4n) is 0.647. The van der Waals surface area contributed by atoms with Crippen LogP contribution >= 0.6 is 0 Å². The molecule has 0 spiro atoms. The van der Waals surface area contributed by atoms with E-state index in [-0.39, 0.29) is 16.9 Å². The van der Waals surface area contributed by atoms with Gasteiger partial charge in [0.1, 0.15) is 16.5 Å². The van der Waals surface area contributed by atoms with Crippen LogP contribution < -0.4 is 0 Å². The average molecular weight is 144 g/mol. The predicted molar refractivity (Wildman–Crippen MR) is 40.1 cm³/mol. The minimum atomic E-state index is 0.0941. The van der Waals surface area contributed by atoms with E-state index in [9.17, 15) is 4.79 Å². The Labute approximate surface area is 58.0 Å². The van der Waals surface area contributed by atoms with Crippen LogP contribution in [0.1, 0.15) is 0 Å². The van der Waals surface area contributed by atoms with Crippen LogP contribution in [0.15, 0.2) is 11.5 Å². The molecule has 50 valence electrons. The van der Waals surface area contributed by atoms with Gasteiger partial charge in [-0.1, -0.05) is 0 Å². The molecule has 1 aliphatic rings. The summed E-state index contributed by atoms with van der Waals surface area (Å²) in [6.45, 7) is 0. The molecule has 0 amide bonds. The van der Waals surface area contributed by atoms with Gasteiger partial charge in [-0.2, -0.15) is 0 Å². The number of hydrogen-bond donors (Lipinski definition) is 0. The molecule has 1 rings (SSSR count). The van der Waals surface area contributed by atoms with Crippen molar-refractivity contribution < 1.29 is 4.79 Å². The molecule has 0 aromatic carbocycles. The quantitative estimate of drug-likeness (QED) is 0.489. The van der Waals surface area contributed by atoms with Gasteiger partial charge in [0.05, 0.1) is 0 Å². The summed E-state index contributed by atoms with van der Waals surface area (Å²) in [4.78, 5) is 10.7. The maximum absolute atomic E-state index is 10.7. The molecular formula is C6H10NOS+. The van der Waals surface area contributed by atoms with E-state index in [1.807, 2.05) is 19.5 Å². The van der Waals surface area contributed by atoms with Gasteiger partial charge in [-0.05, 0) is 0 Å². The monoisotopic (exact) mass is 144 g/mol. The molecule has 0 radical (unpaired) electrons. The van der Waals surface area contributed by atoms with E-state index in [0.29, 0.717) is 5.75 Å². The van der Waals surface area contributed by atoms with Crippen molar-refractivity contribution >= 4 is 16.9 Å². The van der Waals surface area contributed by atoms with E-state index in [1.165, 1.54) is 0 Å². The van der Waals surface area contributed by atoms with Gasteiger partial charge in [0.25, 0.3) is 0 Å². The minimum absolute atomic E-state index is 0.0941. The number of nitrogens with zero attached hydrogens (tertiary/aromatic N) is 1. The molecule has 1 heterocycles. The highest BCUT2D eigenvalue weighted by molar-refractivity contribution is 7.98. The van der Waals surface area contributed by atoms with Gasteiger partial charge in [-0.25, -0.2) is 0 Å². The Balaban J connectivity index is 2.50. The minimum Gasteiger partial charge on any atom is -0.289 e. The summed E-state index contributed by atoms with van der Waals surface area (Å²) in [7, 11) is 3.98. The van der Waals surface area contributed by atoms with Crippen molar-refractivity contribution in [1.82, 2.24) is 4.31 Å². The molecular weight excluding hydrogens is 134 g/mol. The number of hydrogen-bond acceptors (Lipinski definition) is 2. The molecule has 0 bridgehead atoms. The van der Waals surface area contributed by atoms with Crippen molar-refractivity contribution in [1.29, 1.82) is 0 Å². The Kier molecular flexibility index (Phi) is 1.93. The second kappa shape index (κ2) is 2.54. The zero-order valence-electron chi connectivity index (χ0n) is 5.63. The first kappa shape index (κ1) is 6.83. The van der Waals surface area contributed by atoms with Crippen LogP contribution in [0.4, 0.5) is 0 Å². The third-order valence-corrected chi connectivity index (χ3v) is 3.14. The number of carbonyl (C=O) groups excluding carboxylic acids is 1. The molecule has 9 heavy (non-hydrogen) atoms. The third-order valence-electron chi connectivity index (χ3n) is 1.17. The highest BCUT2D eigenvalue weighted by Gasteiger charge is 2.27. The molecule has 0 aromatic rings. The lowest BCUT2D eigenvalue weighted by atomic mass is 10.5. The first-order valence-electron chi connectivity index (χ1n) is 2.78. The van der Waals surface area contributed by atoms with Gasteiger partial charge < -0.3 is 0 Å². The van der Waals surface area contributed by atoms with E-state index < -0.39 is 0 Å². The number of allylic oxidation sites excluding steroid dienone is 1. The van der Waals surface area contributed by atoms with Gasteiger partial charge >= 0.3 is 0 Å². The Hall–Kier alpha value is -0.280. The number of carbonyl (C=O) groups is 1. The smallest absolute Gasteiger partial charge is 0.211 e. The lowest BCUT2D eigenvalue weighted by Crippen LogP contribution is -2.22. The summed E-state index contributed by atoms with van der Waals surface area (Å²) >= 11 is 0.0941. The van der Waals surface area contributed by atoms with E-state index in [1.54, 1.807) is 6.08 Å². The maximum atomic E-state index is 10.7. The largest absolute Gasteiger partial charge is 0.289 e. The SMILES string of the molecule is CN(C)[S+]1C=CC(=O)C1. The summed E-state index contributed by atoms with van der Waals surface area (Å²) in [5.41, 5.74) is 0. The first-order valence-corrected chi connectivity index (χ1v) is 4.19. The predicted octanol–water partition coefficient (Wildman–Crippen LogP) is 0.178. The molecule has 2 nitrogen and oxygen atoms in total. The summed E-state index contributed by atoms with van der Waals surface area (Å²) in [6, 6.07) is 0. The highest BCUT2D eigenvalue weighted by Crippen LogP contribution is 2.09. The summed E-state index contributed by atoms with van der Waals surface area (Å²) < 4.78 is 2.07. The van der Waals surface area contributed by atoms with Crippen molar-refractivity contribution in [3.05, 3.63) is 11.5 Å². The van der Waals surface area contributed by atoms with Gasteiger partial charge in [0.15, 0.2) is 5.75 Å². The van der Waals surface area contributed by atoms with Crippen LogP contribution in [0.25, 0.3) is 0 Å². The summed E-state index contributed by atoms with van der Waals surface area (Å²) in [5, 5.41) is 1.97. The molecule has 3 heteroatoms. The standard InChI is InChI=1S/C6H10NOS/c1-7(2)9-4-3-6(8)5-9/h3-4H,5H2,1-2H3/q+1. The van der Waals surface area contributed by atoms with E-state index >= 15 is 0 Å². The van der Waals surface area contributed by atoms with Crippen molar-refractivity contribution in [2.45, 2.75) is 0 Å². The van der Waals surface area contributed by atoms with E-state index in [2.05, 4.69) is 4.31 Å². The summed E-state index contributed by atoms with van der Waals surface area (Å²) in [6.07, 6.45) is 1.67. The van der Waals surface area contributed by atoms with Gasteiger partial charge in [-0.15, -0.1) is 4.31 Å². The van der Waals surface area contributed by atoms with Gasteiger partial charge in [-0.3, -0.25) is 4.79 Å². The number of ketones is 1. The Morgan fingerprint density at radius 2 is 2.33 bits per heavy atom. The molecule has 0 saturated carbocycles. The molecule has 0 aromatic heterocycles. The van der Waals surface area contributed by atoms with Crippen LogP contribution in [0.3, 0.4) is 0 Å². The zero-order chi connectivity index (χ0) is 6.85. The lowest BCUT2D eigenvalue weighted by Gasteiger charge is -2.02. The molecule has 1 atom stereocenters. The Bertz CT molecular complexity index is 153. The van der Waals surface area contributed by atoms with Crippen LogP contribution in [0.2, 0.25) is 0 Å². The zero-order valence-corrected chi connectivity index (χ0v) is 6.44. The molecule has 0 N–H and O–H groups in total. The Morgan fingerprint density at radius 3 is 2.56 bits per heavy atom. The molecule has 0 aliphatic carbocycles. The second-order valence-corrected chi connectivity index (χ2v) is 4.22. The topological polar surface area (TPSA) is 20.3 Å². The normalized spacial score (nSPS) is 26.1. The number of rotatable bonds is 1. The molecule has 0 fully saturated rings. The van der Waals surface area contributed by atoms with E-state index in [0.717, 1.165) is 0 Å². The fraction of sp³-hybridized carbons (Fsp3) is 0.500. The fourth-order valence-corrected chi connectivity index (χ4v) is 1.94. The van der Waals surface area contributed by atoms with Crippen molar-refractivity contribution in [3.8, 4) is 0 Å². The molecule has 1 aliphatic heterocycles.